The van der Waals surface area contributed by atoms with E-state index in [0.29, 0.717) is 5.69 Å². The molecule has 0 atom stereocenters. The summed E-state index contributed by atoms with van der Waals surface area (Å²) in [6, 6.07) is 5.64. The van der Waals surface area contributed by atoms with Crippen molar-refractivity contribution in [3.63, 3.8) is 0 Å². The van der Waals surface area contributed by atoms with Crippen molar-refractivity contribution >= 4 is 0 Å². The van der Waals surface area contributed by atoms with Crippen molar-refractivity contribution in [2.24, 2.45) is 0 Å². The van der Waals surface area contributed by atoms with Gasteiger partial charge in [-0.05, 0) is 32.0 Å². The minimum absolute atomic E-state index is 0.411. The van der Waals surface area contributed by atoms with Crippen molar-refractivity contribution in [3.05, 3.63) is 42.0 Å². The second-order valence-electron chi connectivity index (χ2n) is 4.79. The number of rotatable bonds is 3. The second-order valence-corrected chi connectivity index (χ2v) is 4.79. The smallest absolute Gasteiger partial charge is 0.142 e. The second kappa shape index (κ2) is 5.21. The van der Waals surface area contributed by atoms with Crippen molar-refractivity contribution in [2.45, 2.75) is 19.4 Å². The standard InChI is InChI=1S/C14H15N5/c15-8-13-7-14(3-4-16-13)19-11-12(9-17-19)10-18-5-1-2-6-18/h3-4,7,9,11H,1-2,5-6,10H2. The maximum atomic E-state index is 8.86. The van der Waals surface area contributed by atoms with Crippen LogP contribution in [0.2, 0.25) is 0 Å². The molecule has 0 saturated carbocycles. The Labute approximate surface area is 112 Å². The largest absolute Gasteiger partial charge is 0.299 e. The van der Waals surface area contributed by atoms with Crippen LogP contribution in [0.15, 0.2) is 30.7 Å². The molecule has 0 N–H and O–H groups in total. The predicted octanol–water partition coefficient (Wildman–Crippen LogP) is 1.73. The minimum Gasteiger partial charge on any atom is -0.299 e. The number of aromatic nitrogens is 3. The number of nitrogens with zero attached hydrogens (tertiary/aromatic N) is 5. The van der Waals surface area contributed by atoms with Gasteiger partial charge in [-0.1, -0.05) is 0 Å². The number of hydrogen-bond donors (Lipinski definition) is 0. The predicted molar refractivity (Wildman–Crippen MR) is 70.6 cm³/mol. The molecule has 19 heavy (non-hydrogen) atoms. The average Bonchev–Trinajstić information content (AvgIpc) is 3.11. The molecule has 0 bridgehead atoms. The first-order valence-corrected chi connectivity index (χ1v) is 6.47. The van der Waals surface area contributed by atoms with E-state index in [2.05, 4.69) is 15.0 Å². The Balaban J connectivity index is 1.78. The van der Waals surface area contributed by atoms with Crippen molar-refractivity contribution in [1.82, 2.24) is 19.7 Å². The molecule has 1 aliphatic heterocycles. The van der Waals surface area contributed by atoms with Gasteiger partial charge >= 0.3 is 0 Å². The van der Waals surface area contributed by atoms with E-state index in [1.165, 1.54) is 31.5 Å². The van der Waals surface area contributed by atoms with E-state index < -0.39 is 0 Å². The highest BCUT2D eigenvalue weighted by Gasteiger charge is 2.12. The molecule has 1 fully saturated rings. The van der Waals surface area contributed by atoms with Gasteiger partial charge in [0.15, 0.2) is 0 Å². The van der Waals surface area contributed by atoms with Crippen LogP contribution in [0.4, 0.5) is 0 Å². The van der Waals surface area contributed by atoms with Gasteiger partial charge in [0.25, 0.3) is 0 Å². The highest BCUT2D eigenvalue weighted by atomic mass is 15.3. The molecule has 1 aliphatic rings. The van der Waals surface area contributed by atoms with Crippen LogP contribution in [0, 0.1) is 11.3 Å². The Morgan fingerprint density at radius 1 is 1.32 bits per heavy atom. The molecular weight excluding hydrogens is 238 g/mol. The Kier molecular flexibility index (Phi) is 3.25. The third-order valence-corrected chi connectivity index (χ3v) is 3.36. The number of likely N-dealkylation sites (tertiary alicyclic amines) is 1. The van der Waals surface area contributed by atoms with E-state index in [0.717, 1.165) is 12.2 Å². The SMILES string of the molecule is N#Cc1cc(-n2cc(CN3CCCC3)cn2)ccn1. The first-order chi connectivity index (χ1) is 9.35. The topological polar surface area (TPSA) is 57.7 Å². The maximum Gasteiger partial charge on any atom is 0.142 e. The van der Waals surface area contributed by atoms with Crippen LogP contribution in [0.25, 0.3) is 5.69 Å². The summed E-state index contributed by atoms with van der Waals surface area (Å²) in [5.41, 5.74) is 2.49. The van der Waals surface area contributed by atoms with E-state index >= 15 is 0 Å². The zero-order chi connectivity index (χ0) is 13.1. The van der Waals surface area contributed by atoms with Crippen molar-refractivity contribution in [2.75, 3.05) is 13.1 Å². The zero-order valence-corrected chi connectivity index (χ0v) is 10.7. The number of nitriles is 1. The first kappa shape index (κ1) is 11.9. The quantitative estimate of drug-likeness (QED) is 0.836. The zero-order valence-electron chi connectivity index (χ0n) is 10.7. The third-order valence-electron chi connectivity index (χ3n) is 3.36. The summed E-state index contributed by atoms with van der Waals surface area (Å²) >= 11 is 0. The molecule has 0 aliphatic carbocycles. The Bertz CT molecular complexity index is 604. The molecule has 2 aromatic heterocycles. The van der Waals surface area contributed by atoms with E-state index in [1.54, 1.807) is 16.9 Å². The number of pyridine rings is 1. The highest BCUT2D eigenvalue weighted by Crippen LogP contribution is 2.14. The van der Waals surface area contributed by atoms with Gasteiger partial charge in [-0.25, -0.2) is 9.67 Å². The summed E-state index contributed by atoms with van der Waals surface area (Å²) in [5.74, 6) is 0. The molecule has 0 aromatic carbocycles. The van der Waals surface area contributed by atoms with E-state index in [9.17, 15) is 0 Å². The highest BCUT2D eigenvalue weighted by molar-refractivity contribution is 5.36. The average molecular weight is 253 g/mol. The van der Waals surface area contributed by atoms with Crippen LogP contribution < -0.4 is 0 Å². The van der Waals surface area contributed by atoms with Gasteiger partial charge in [0, 0.05) is 30.6 Å². The fourth-order valence-corrected chi connectivity index (χ4v) is 2.40. The lowest BCUT2D eigenvalue weighted by Crippen LogP contribution is -2.17. The molecule has 5 nitrogen and oxygen atoms in total. The fourth-order valence-electron chi connectivity index (χ4n) is 2.40. The summed E-state index contributed by atoms with van der Waals surface area (Å²) in [6.45, 7) is 3.31. The van der Waals surface area contributed by atoms with Crippen LogP contribution in [0.5, 0.6) is 0 Å². The van der Waals surface area contributed by atoms with Gasteiger partial charge < -0.3 is 0 Å². The fraction of sp³-hybridized carbons (Fsp3) is 0.357. The Hall–Kier alpha value is -2.19. The maximum absolute atomic E-state index is 8.86. The molecular formula is C14H15N5. The Morgan fingerprint density at radius 3 is 2.95 bits per heavy atom. The summed E-state index contributed by atoms with van der Waals surface area (Å²) in [7, 11) is 0. The van der Waals surface area contributed by atoms with Gasteiger partial charge in [-0.3, -0.25) is 4.90 Å². The van der Waals surface area contributed by atoms with Crippen molar-refractivity contribution in [1.29, 1.82) is 5.26 Å². The number of hydrogen-bond acceptors (Lipinski definition) is 4. The van der Waals surface area contributed by atoms with Gasteiger partial charge in [0.1, 0.15) is 11.8 Å². The molecule has 0 spiro atoms. The molecule has 96 valence electrons. The lowest BCUT2D eigenvalue weighted by molar-refractivity contribution is 0.331. The van der Waals surface area contributed by atoms with E-state index in [1.807, 2.05) is 24.5 Å². The molecule has 0 radical (unpaired) electrons. The van der Waals surface area contributed by atoms with Gasteiger partial charge in [0.2, 0.25) is 0 Å². The molecule has 3 heterocycles. The molecule has 1 saturated heterocycles. The van der Waals surface area contributed by atoms with Gasteiger partial charge in [0.05, 0.1) is 11.9 Å². The lowest BCUT2D eigenvalue weighted by atomic mass is 10.3. The lowest BCUT2D eigenvalue weighted by Gasteiger charge is -2.12. The van der Waals surface area contributed by atoms with E-state index in [4.69, 9.17) is 5.26 Å². The first-order valence-electron chi connectivity index (χ1n) is 6.47. The Morgan fingerprint density at radius 2 is 2.16 bits per heavy atom. The van der Waals surface area contributed by atoms with Crippen molar-refractivity contribution < 1.29 is 0 Å². The van der Waals surface area contributed by atoms with Gasteiger partial charge in [-0.15, -0.1) is 0 Å². The van der Waals surface area contributed by atoms with Crippen LogP contribution >= 0.6 is 0 Å². The summed E-state index contributed by atoms with van der Waals surface area (Å²) < 4.78 is 1.80. The van der Waals surface area contributed by atoms with Crippen LogP contribution in [-0.2, 0) is 6.54 Å². The molecule has 0 amide bonds. The summed E-state index contributed by atoms with van der Waals surface area (Å²) in [4.78, 5) is 6.40. The van der Waals surface area contributed by atoms with E-state index in [-0.39, 0.29) is 0 Å². The summed E-state index contributed by atoms with van der Waals surface area (Å²) in [6.07, 6.45) is 8.14. The molecule has 5 heteroatoms. The van der Waals surface area contributed by atoms with Crippen LogP contribution in [0.3, 0.4) is 0 Å². The van der Waals surface area contributed by atoms with Crippen molar-refractivity contribution in [3.8, 4) is 11.8 Å². The van der Waals surface area contributed by atoms with Crippen LogP contribution in [0.1, 0.15) is 24.1 Å². The molecule has 0 unspecified atom stereocenters. The monoisotopic (exact) mass is 253 g/mol. The summed E-state index contributed by atoms with van der Waals surface area (Å²) in [5, 5.41) is 13.2. The molecule has 3 rings (SSSR count). The van der Waals surface area contributed by atoms with Crippen LogP contribution in [-0.4, -0.2) is 32.8 Å². The normalized spacial score (nSPS) is 15.5. The minimum atomic E-state index is 0.411. The third kappa shape index (κ3) is 2.64. The molecule has 2 aromatic rings. The van der Waals surface area contributed by atoms with Gasteiger partial charge in [-0.2, -0.15) is 10.4 Å².